The van der Waals surface area contributed by atoms with Gasteiger partial charge in [-0.15, -0.1) is 11.3 Å². The van der Waals surface area contributed by atoms with E-state index in [9.17, 15) is 0 Å². The monoisotopic (exact) mass is 256 g/mol. The number of rotatable bonds is 4. The van der Waals surface area contributed by atoms with E-state index in [-0.39, 0.29) is 6.04 Å². The summed E-state index contributed by atoms with van der Waals surface area (Å²) in [6.45, 7) is 2.91. The van der Waals surface area contributed by atoms with Gasteiger partial charge in [0.15, 0.2) is 0 Å². The van der Waals surface area contributed by atoms with Crippen molar-refractivity contribution in [2.45, 2.75) is 13.0 Å². The van der Waals surface area contributed by atoms with Crippen LogP contribution in [-0.2, 0) is 7.05 Å². The molecule has 1 N–H and O–H groups in total. The molecular formula is C10H13ClN4S. The van der Waals surface area contributed by atoms with Crippen LogP contribution in [0.3, 0.4) is 0 Å². The summed E-state index contributed by atoms with van der Waals surface area (Å²) in [5.74, 6) is 0. The Morgan fingerprint density at radius 3 is 2.94 bits per heavy atom. The van der Waals surface area contributed by atoms with Crippen molar-refractivity contribution >= 4 is 22.9 Å². The van der Waals surface area contributed by atoms with E-state index < -0.39 is 0 Å². The Labute approximate surface area is 103 Å². The molecule has 1 atom stereocenters. The minimum Gasteiger partial charge on any atom is -0.304 e. The average molecular weight is 257 g/mol. The van der Waals surface area contributed by atoms with E-state index in [1.54, 1.807) is 22.2 Å². The molecule has 0 aliphatic carbocycles. The number of nitrogens with zero attached hydrogens (tertiary/aromatic N) is 3. The molecule has 0 bridgehead atoms. The minimum absolute atomic E-state index is 0.0104. The molecule has 6 heteroatoms. The van der Waals surface area contributed by atoms with Crippen molar-refractivity contribution in [2.75, 3.05) is 6.54 Å². The standard InChI is InChI=1S/C10H13ClN4S/c1-3-12-9(8-5-16-6-13-8)10-7(11)4-14-15(10)2/h4-6,9,12H,3H2,1-2H3. The summed E-state index contributed by atoms with van der Waals surface area (Å²) in [7, 11) is 1.89. The lowest BCUT2D eigenvalue weighted by Crippen LogP contribution is -2.24. The molecule has 4 nitrogen and oxygen atoms in total. The maximum absolute atomic E-state index is 6.14. The Bertz CT molecular complexity index is 432. The van der Waals surface area contributed by atoms with Crippen molar-refractivity contribution in [1.82, 2.24) is 20.1 Å². The zero-order valence-electron chi connectivity index (χ0n) is 9.14. The molecule has 1 unspecified atom stereocenters. The molecule has 0 spiro atoms. The van der Waals surface area contributed by atoms with E-state index in [0.717, 1.165) is 17.9 Å². The molecule has 0 radical (unpaired) electrons. The smallest absolute Gasteiger partial charge is 0.0945 e. The second-order valence-corrected chi connectivity index (χ2v) is 4.53. The van der Waals surface area contributed by atoms with Gasteiger partial charge in [-0.05, 0) is 6.54 Å². The molecule has 2 aromatic heterocycles. The van der Waals surface area contributed by atoms with Crippen LogP contribution in [0.5, 0.6) is 0 Å². The highest BCUT2D eigenvalue weighted by atomic mass is 35.5. The molecular weight excluding hydrogens is 244 g/mol. The fraction of sp³-hybridized carbons (Fsp3) is 0.400. The highest BCUT2D eigenvalue weighted by Gasteiger charge is 2.21. The second kappa shape index (κ2) is 4.95. The number of hydrogen-bond donors (Lipinski definition) is 1. The van der Waals surface area contributed by atoms with E-state index in [4.69, 9.17) is 11.6 Å². The predicted octanol–water partition coefficient (Wildman–Crippen LogP) is 2.23. The molecule has 0 amide bonds. The summed E-state index contributed by atoms with van der Waals surface area (Å²) in [5.41, 5.74) is 3.76. The first kappa shape index (κ1) is 11.6. The molecule has 0 saturated heterocycles. The molecule has 16 heavy (non-hydrogen) atoms. The van der Waals surface area contributed by atoms with Crippen LogP contribution in [-0.4, -0.2) is 21.3 Å². The molecule has 0 fully saturated rings. The number of aromatic nitrogens is 3. The van der Waals surface area contributed by atoms with Crippen molar-refractivity contribution in [3.63, 3.8) is 0 Å². The Balaban J connectivity index is 2.40. The van der Waals surface area contributed by atoms with Crippen LogP contribution in [0.4, 0.5) is 0 Å². The molecule has 0 aliphatic rings. The van der Waals surface area contributed by atoms with Gasteiger partial charge in [0.25, 0.3) is 0 Å². The molecule has 86 valence electrons. The maximum Gasteiger partial charge on any atom is 0.0945 e. The summed E-state index contributed by atoms with van der Waals surface area (Å²) in [4.78, 5) is 4.33. The lowest BCUT2D eigenvalue weighted by Gasteiger charge is -2.16. The Morgan fingerprint density at radius 2 is 2.44 bits per heavy atom. The van der Waals surface area contributed by atoms with Gasteiger partial charge >= 0.3 is 0 Å². The molecule has 2 aromatic rings. The van der Waals surface area contributed by atoms with Gasteiger partial charge < -0.3 is 5.32 Å². The first-order valence-corrected chi connectivity index (χ1v) is 6.35. The lowest BCUT2D eigenvalue weighted by atomic mass is 10.1. The summed E-state index contributed by atoms with van der Waals surface area (Å²) in [6.07, 6.45) is 1.66. The third kappa shape index (κ3) is 2.11. The normalized spacial score (nSPS) is 12.9. The van der Waals surface area contributed by atoms with Crippen LogP contribution in [0.25, 0.3) is 0 Å². The molecule has 0 aromatic carbocycles. The highest BCUT2D eigenvalue weighted by molar-refractivity contribution is 7.07. The van der Waals surface area contributed by atoms with Gasteiger partial charge in [-0.25, -0.2) is 4.98 Å². The van der Waals surface area contributed by atoms with Crippen molar-refractivity contribution < 1.29 is 0 Å². The fourth-order valence-corrected chi connectivity index (χ4v) is 2.51. The van der Waals surface area contributed by atoms with Crippen molar-refractivity contribution in [1.29, 1.82) is 0 Å². The van der Waals surface area contributed by atoms with Gasteiger partial charge in [0.2, 0.25) is 0 Å². The summed E-state index contributed by atoms with van der Waals surface area (Å²) < 4.78 is 1.79. The van der Waals surface area contributed by atoms with Gasteiger partial charge in [0, 0.05) is 12.4 Å². The van der Waals surface area contributed by atoms with E-state index in [1.165, 1.54) is 0 Å². The van der Waals surface area contributed by atoms with Crippen molar-refractivity contribution in [3.8, 4) is 0 Å². The van der Waals surface area contributed by atoms with Crippen molar-refractivity contribution in [3.05, 3.63) is 33.5 Å². The topological polar surface area (TPSA) is 42.7 Å². The van der Waals surface area contributed by atoms with Gasteiger partial charge in [0.1, 0.15) is 0 Å². The van der Waals surface area contributed by atoms with E-state index >= 15 is 0 Å². The fourth-order valence-electron chi connectivity index (χ4n) is 1.65. The number of aryl methyl sites for hydroxylation is 1. The predicted molar refractivity (Wildman–Crippen MR) is 65.9 cm³/mol. The summed E-state index contributed by atoms with van der Waals surface area (Å²) >= 11 is 7.72. The average Bonchev–Trinajstić information content (AvgIpc) is 2.87. The molecule has 0 saturated carbocycles. The van der Waals surface area contributed by atoms with Crippen LogP contribution in [0.15, 0.2) is 17.1 Å². The first-order valence-electron chi connectivity index (χ1n) is 5.03. The van der Waals surface area contributed by atoms with E-state index in [2.05, 4.69) is 22.3 Å². The van der Waals surface area contributed by atoms with Crippen LogP contribution in [0.1, 0.15) is 24.4 Å². The lowest BCUT2D eigenvalue weighted by molar-refractivity contribution is 0.564. The van der Waals surface area contributed by atoms with Crippen LogP contribution in [0, 0.1) is 0 Å². The third-order valence-corrected chi connectivity index (χ3v) is 3.26. The molecule has 0 aliphatic heterocycles. The van der Waals surface area contributed by atoms with Gasteiger partial charge in [-0.3, -0.25) is 4.68 Å². The third-order valence-electron chi connectivity index (χ3n) is 2.37. The highest BCUT2D eigenvalue weighted by Crippen LogP contribution is 2.27. The van der Waals surface area contributed by atoms with Crippen LogP contribution >= 0.6 is 22.9 Å². The summed E-state index contributed by atoms with van der Waals surface area (Å²) in [5, 5.41) is 10.2. The van der Waals surface area contributed by atoms with Crippen LogP contribution in [0.2, 0.25) is 5.02 Å². The van der Waals surface area contributed by atoms with Crippen LogP contribution < -0.4 is 5.32 Å². The largest absolute Gasteiger partial charge is 0.304 e. The maximum atomic E-state index is 6.14. The second-order valence-electron chi connectivity index (χ2n) is 3.41. The Kier molecular flexibility index (Phi) is 3.58. The molecule has 2 rings (SSSR count). The molecule has 2 heterocycles. The number of hydrogen-bond acceptors (Lipinski definition) is 4. The van der Waals surface area contributed by atoms with Gasteiger partial charge in [0.05, 0.1) is 34.2 Å². The van der Waals surface area contributed by atoms with Gasteiger partial charge in [-0.2, -0.15) is 5.10 Å². The van der Waals surface area contributed by atoms with E-state index in [1.807, 2.05) is 17.9 Å². The zero-order chi connectivity index (χ0) is 11.5. The Morgan fingerprint density at radius 1 is 1.62 bits per heavy atom. The minimum atomic E-state index is 0.0104. The summed E-state index contributed by atoms with van der Waals surface area (Å²) in [6, 6.07) is 0.0104. The van der Waals surface area contributed by atoms with Gasteiger partial charge in [-0.1, -0.05) is 18.5 Å². The number of nitrogens with one attached hydrogen (secondary N) is 1. The number of halogens is 1. The number of thiazole rings is 1. The van der Waals surface area contributed by atoms with Crippen molar-refractivity contribution in [2.24, 2.45) is 7.05 Å². The zero-order valence-corrected chi connectivity index (χ0v) is 10.7. The quantitative estimate of drug-likeness (QED) is 0.912. The SMILES string of the molecule is CCNC(c1cscn1)c1c(Cl)cnn1C. The first-order chi connectivity index (χ1) is 7.74. The Hall–Kier alpha value is -0.910. The van der Waals surface area contributed by atoms with E-state index in [0.29, 0.717) is 5.02 Å².